The number of hydrogen-bond donors (Lipinski definition) is 2. The van der Waals surface area contributed by atoms with E-state index in [0.717, 1.165) is 21.1 Å². The quantitative estimate of drug-likeness (QED) is 0.493. The number of nitrogens with zero attached hydrogens (tertiary/aromatic N) is 4. The summed E-state index contributed by atoms with van der Waals surface area (Å²) in [7, 11) is 0. The summed E-state index contributed by atoms with van der Waals surface area (Å²) < 4.78 is 15.7. The van der Waals surface area contributed by atoms with Gasteiger partial charge < -0.3 is 5.73 Å². The Labute approximate surface area is 157 Å². The molecule has 0 aliphatic heterocycles. The van der Waals surface area contributed by atoms with Crippen molar-refractivity contribution in [3.63, 3.8) is 0 Å². The molecule has 27 heavy (non-hydrogen) atoms. The van der Waals surface area contributed by atoms with E-state index >= 15 is 0 Å². The molecule has 0 bridgehead atoms. The molecule has 132 valence electrons. The average molecular weight is 376 g/mol. The Morgan fingerprint density at radius 1 is 1.07 bits per heavy atom. The van der Waals surface area contributed by atoms with Crippen LogP contribution in [0.15, 0.2) is 61.1 Å². The summed E-state index contributed by atoms with van der Waals surface area (Å²) in [6.07, 6.45) is 5.22. The van der Waals surface area contributed by atoms with Gasteiger partial charge in [-0.15, -0.1) is 11.3 Å². The van der Waals surface area contributed by atoms with Crippen LogP contribution in [0, 0.1) is 5.82 Å². The highest BCUT2D eigenvalue weighted by Crippen LogP contribution is 2.39. The number of nitrogen functional groups attached to an aromatic ring is 1. The smallest absolute Gasteiger partial charge is 0.180 e. The highest BCUT2D eigenvalue weighted by molar-refractivity contribution is 7.18. The predicted octanol–water partition coefficient (Wildman–Crippen LogP) is 4.24. The van der Waals surface area contributed by atoms with Crippen LogP contribution in [0.1, 0.15) is 0 Å². The third kappa shape index (κ3) is 2.58. The SMILES string of the molecule is Nc1nc(-c2cccc(F)c2)c(-c2ccc(-c3ccn[nH]3)s2)n2ccnc12. The summed E-state index contributed by atoms with van der Waals surface area (Å²) >= 11 is 1.59. The topological polar surface area (TPSA) is 84.9 Å². The molecule has 0 amide bonds. The number of nitrogens with two attached hydrogens (primary N) is 1. The highest BCUT2D eigenvalue weighted by Gasteiger charge is 2.19. The van der Waals surface area contributed by atoms with Crippen molar-refractivity contribution in [2.24, 2.45) is 0 Å². The lowest BCUT2D eigenvalue weighted by molar-refractivity contribution is 0.628. The van der Waals surface area contributed by atoms with Crippen LogP contribution in [0.2, 0.25) is 0 Å². The van der Waals surface area contributed by atoms with Gasteiger partial charge in [-0.05, 0) is 30.3 Å². The average Bonchev–Trinajstić information content (AvgIpc) is 3.42. The largest absolute Gasteiger partial charge is 0.381 e. The number of benzene rings is 1. The number of thiophene rings is 1. The number of anilines is 1. The molecule has 3 N–H and O–H groups in total. The van der Waals surface area contributed by atoms with E-state index in [1.807, 2.05) is 34.9 Å². The lowest BCUT2D eigenvalue weighted by atomic mass is 10.1. The Hall–Kier alpha value is -3.52. The van der Waals surface area contributed by atoms with Gasteiger partial charge >= 0.3 is 0 Å². The predicted molar refractivity (Wildman–Crippen MR) is 104 cm³/mol. The zero-order chi connectivity index (χ0) is 18.4. The summed E-state index contributed by atoms with van der Waals surface area (Å²) in [6, 6.07) is 12.3. The van der Waals surface area contributed by atoms with Crippen LogP contribution >= 0.6 is 11.3 Å². The van der Waals surface area contributed by atoms with Gasteiger partial charge in [0.05, 0.1) is 26.8 Å². The van der Waals surface area contributed by atoms with Crippen molar-refractivity contribution in [2.45, 2.75) is 0 Å². The first-order chi connectivity index (χ1) is 13.2. The highest BCUT2D eigenvalue weighted by atomic mass is 32.1. The molecule has 1 aromatic carbocycles. The van der Waals surface area contributed by atoms with Gasteiger partial charge in [0.2, 0.25) is 0 Å². The van der Waals surface area contributed by atoms with Crippen LogP contribution in [0.3, 0.4) is 0 Å². The Balaban J connectivity index is 1.79. The monoisotopic (exact) mass is 376 g/mol. The standard InChI is InChI=1S/C19H13FN6S/c20-12-3-1-2-11(10-12)16-17(26-9-8-22-19(26)18(21)24-16)15-5-4-14(27-15)13-6-7-23-25-13/h1-10H,(H2,21,24)(H,23,25). The van der Waals surface area contributed by atoms with Crippen molar-refractivity contribution in [3.8, 4) is 32.4 Å². The van der Waals surface area contributed by atoms with Crippen molar-refractivity contribution in [1.82, 2.24) is 24.6 Å². The van der Waals surface area contributed by atoms with E-state index in [4.69, 9.17) is 5.73 Å². The molecule has 0 radical (unpaired) electrons. The Kier molecular flexibility index (Phi) is 3.51. The van der Waals surface area contributed by atoms with E-state index < -0.39 is 0 Å². The van der Waals surface area contributed by atoms with E-state index in [1.54, 1.807) is 29.8 Å². The van der Waals surface area contributed by atoms with Crippen molar-refractivity contribution < 1.29 is 4.39 Å². The number of aromatic amines is 1. The van der Waals surface area contributed by atoms with Crippen molar-refractivity contribution in [1.29, 1.82) is 0 Å². The number of H-pyrrole nitrogens is 1. The van der Waals surface area contributed by atoms with Gasteiger partial charge in [-0.3, -0.25) is 9.50 Å². The molecule has 4 aromatic heterocycles. The molecule has 0 fully saturated rings. The van der Waals surface area contributed by atoms with Crippen LogP contribution in [0.25, 0.3) is 38.0 Å². The molecule has 0 saturated carbocycles. The minimum absolute atomic E-state index is 0.299. The molecule has 5 rings (SSSR count). The van der Waals surface area contributed by atoms with Crippen LogP contribution in [-0.4, -0.2) is 24.6 Å². The number of nitrogens with one attached hydrogen (secondary N) is 1. The fourth-order valence-corrected chi connectivity index (χ4v) is 4.11. The van der Waals surface area contributed by atoms with E-state index in [-0.39, 0.29) is 5.82 Å². The van der Waals surface area contributed by atoms with Crippen LogP contribution < -0.4 is 5.73 Å². The first-order valence-electron chi connectivity index (χ1n) is 8.19. The second-order valence-electron chi connectivity index (χ2n) is 5.96. The Bertz CT molecular complexity index is 1250. The van der Waals surface area contributed by atoms with Crippen molar-refractivity contribution in [2.75, 3.05) is 5.73 Å². The third-order valence-electron chi connectivity index (χ3n) is 4.27. The van der Waals surface area contributed by atoms with Gasteiger partial charge in [0.15, 0.2) is 11.5 Å². The fourth-order valence-electron chi connectivity index (χ4n) is 3.09. The number of halogens is 1. The van der Waals surface area contributed by atoms with Gasteiger partial charge in [-0.1, -0.05) is 12.1 Å². The number of imidazole rings is 1. The molecule has 0 aliphatic rings. The van der Waals surface area contributed by atoms with E-state index in [0.29, 0.717) is 22.7 Å². The second kappa shape index (κ2) is 6.03. The summed E-state index contributed by atoms with van der Waals surface area (Å²) in [4.78, 5) is 10.9. The lowest BCUT2D eigenvalue weighted by Gasteiger charge is -2.12. The Morgan fingerprint density at radius 3 is 2.78 bits per heavy atom. The zero-order valence-electron chi connectivity index (χ0n) is 13.9. The molecular formula is C19H13FN6S. The number of rotatable bonds is 3. The molecular weight excluding hydrogens is 363 g/mol. The van der Waals surface area contributed by atoms with Crippen LogP contribution in [0.4, 0.5) is 10.2 Å². The minimum Gasteiger partial charge on any atom is -0.381 e. The number of fused-ring (bicyclic) bond motifs is 1. The van der Waals surface area contributed by atoms with E-state index in [9.17, 15) is 4.39 Å². The Morgan fingerprint density at radius 2 is 1.96 bits per heavy atom. The molecule has 4 heterocycles. The molecule has 0 unspecified atom stereocenters. The molecule has 6 nitrogen and oxygen atoms in total. The molecule has 8 heteroatoms. The van der Waals surface area contributed by atoms with Gasteiger partial charge in [-0.25, -0.2) is 14.4 Å². The molecule has 0 saturated heterocycles. The maximum atomic E-state index is 13.8. The third-order valence-corrected chi connectivity index (χ3v) is 5.40. The van der Waals surface area contributed by atoms with Crippen LogP contribution in [0.5, 0.6) is 0 Å². The number of aromatic nitrogens is 5. The van der Waals surface area contributed by atoms with Crippen LogP contribution in [-0.2, 0) is 0 Å². The lowest BCUT2D eigenvalue weighted by Crippen LogP contribution is -2.03. The first kappa shape index (κ1) is 15.7. The summed E-state index contributed by atoms with van der Waals surface area (Å²) in [5, 5.41) is 6.97. The van der Waals surface area contributed by atoms with Crippen molar-refractivity contribution in [3.05, 3.63) is 66.9 Å². The first-order valence-corrected chi connectivity index (χ1v) is 9.01. The molecule has 0 spiro atoms. The molecule has 5 aromatic rings. The van der Waals surface area contributed by atoms with E-state index in [2.05, 4.69) is 20.2 Å². The van der Waals surface area contributed by atoms with Gasteiger partial charge in [0.1, 0.15) is 5.82 Å². The summed E-state index contributed by atoms with van der Waals surface area (Å²) in [5.41, 5.74) is 9.69. The van der Waals surface area contributed by atoms with Gasteiger partial charge in [0, 0.05) is 24.2 Å². The maximum Gasteiger partial charge on any atom is 0.180 e. The van der Waals surface area contributed by atoms with E-state index in [1.165, 1.54) is 12.1 Å². The minimum atomic E-state index is -0.325. The summed E-state index contributed by atoms with van der Waals surface area (Å²) in [6.45, 7) is 0. The normalized spacial score (nSPS) is 11.3. The zero-order valence-corrected chi connectivity index (χ0v) is 14.7. The maximum absolute atomic E-state index is 13.8. The molecule has 0 atom stereocenters. The molecule has 0 aliphatic carbocycles. The van der Waals surface area contributed by atoms with Gasteiger partial charge in [-0.2, -0.15) is 5.10 Å². The van der Waals surface area contributed by atoms with Gasteiger partial charge in [0.25, 0.3) is 0 Å². The second-order valence-corrected chi connectivity index (χ2v) is 7.04. The van der Waals surface area contributed by atoms with Crippen molar-refractivity contribution >= 4 is 22.8 Å². The summed E-state index contributed by atoms with van der Waals surface area (Å²) in [5.74, 6) is -0.0257. The number of hydrogen-bond acceptors (Lipinski definition) is 5. The fraction of sp³-hybridized carbons (Fsp3) is 0.